The van der Waals surface area contributed by atoms with Gasteiger partial charge in [-0.1, -0.05) is 43.2 Å². The van der Waals surface area contributed by atoms with Gasteiger partial charge in [-0.3, -0.25) is 9.89 Å². The Hall–Kier alpha value is -2.40. The number of halogens is 1. The standard InChI is InChI=1S/C18H20FN5OS/c1-12(16(25)22-18(11-20)9-5-2-6-10-18)26-17-21-15(23-24-17)13-7-3-4-8-14(13)19/h3-4,7-8,12H,2,5-6,9-10H2,1H3,(H,22,25)(H,21,23,24)/t12-/m0/s1. The van der Waals surface area contributed by atoms with Gasteiger partial charge in [-0.2, -0.15) is 5.26 Å². The van der Waals surface area contributed by atoms with Crippen LogP contribution in [0.25, 0.3) is 11.4 Å². The van der Waals surface area contributed by atoms with E-state index in [0.717, 1.165) is 19.3 Å². The maximum atomic E-state index is 13.8. The number of hydrogen-bond donors (Lipinski definition) is 2. The molecule has 3 rings (SSSR count). The Labute approximate surface area is 155 Å². The van der Waals surface area contributed by atoms with E-state index < -0.39 is 10.8 Å². The number of hydrogen-bond acceptors (Lipinski definition) is 5. The largest absolute Gasteiger partial charge is 0.337 e. The number of carbonyl (C=O) groups is 1. The van der Waals surface area contributed by atoms with E-state index in [1.54, 1.807) is 25.1 Å². The van der Waals surface area contributed by atoms with Crippen molar-refractivity contribution >= 4 is 17.7 Å². The van der Waals surface area contributed by atoms with Crippen molar-refractivity contribution in [1.29, 1.82) is 5.26 Å². The molecule has 0 bridgehead atoms. The summed E-state index contributed by atoms with van der Waals surface area (Å²) >= 11 is 1.17. The fraction of sp³-hybridized carbons (Fsp3) is 0.444. The van der Waals surface area contributed by atoms with E-state index in [1.165, 1.54) is 17.8 Å². The highest BCUT2D eigenvalue weighted by Crippen LogP contribution is 2.29. The number of nitriles is 1. The van der Waals surface area contributed by atoms with Gasteiger partial charge in [-0.15, -0.1) is 5.10 Å². The molecule has 136 valence electrons. The number of aromatic nitrogens is 3. The van der Waals surface area contributed by atoms with Crippen LogP contribution in [0.1, 0.15) is 39.0 Å². The zero-order valence-corrected chi connectivity index (χ0v) is 15.3. The molecule has 1 aliphatic carbocycles. The summed E-state index contributed by atoms with van der Waals surface area (Å²) in [7, 11) is 0. The highest BCUT2D eigenvalue weighted by atomic mass is 32.2. The molecule has 1 saturated carbocycles. The number of benzene rings is 1. The summed E-state index contributed by atoms with van der Waals surface area (Å²) in [6.07, 6.45) is 4.36. The van der Waals surface area contributed by atoms with Gasteiger partial charge in [0.05, 0.1) is 16.9 Å². The van der Waals surface area contributed by atoms with Gasteiger partial charge in [0.1, 0.15) is 11.4 Å². The van der Waals surface area contributed by atoms with E-state index in [2.05, 4.69) is 26.6 Å². The van der Waals surface area contributed by atoms with Gasteiger partial charge >= 0.3 is 0 Å². The van der Waals surface area contributed by atoms with E-state index in [4.69, 9.17) is 0 Å². The fourth-order valence-corrected chi connectivity index (χ4v) is 3.77. The molecule has 2 N–H and O–H groups in total. The lowest BCUT2D eigenvalue weighted by Crippen LogP contribution is -2.50. The van der Waals surface area contributed by atoms with Crippen LogP contribution in [0.3, 0.4) is 0 Å². The van der Waals surface area contributed by atoms with E-state index in [9.17, 15) is 14.4 Å². The molecule has 8 heteroatoms. The number of aromatic amines is 1. The molecule has 1 aliphatic rings. The summed E-state index contributed by atoms with van der Waals surface area (Å²) in [6, 6.07) is 8.57. The summed E-state index contributed by atoms with van der Waals surface area (Å²) in [6.45, 7) is 1.74. The molecule has 2 aromatic rings. The quantitative estimate of drug-likeness (QED) is 0.783. The number of nitrogens with zero attached hydrogens (tertiary/aromatic N) is 3. The highest BCUT2D eigenvalue weighted by Gasteiger charge is 2.35. The molecule has 1 fully saturated rings. The highest BCUT2D eigenvalue weighted by molar-refractivity contribution is 8.00. The van der Waals surface area contributed by atoms with Gasteiger partial charge in [0.15, 0.2) is 5.82 Å². The lowest BCUT2D eigenvalue weighted by atomic mass is 9.83. The molecule has 6 nitrogen and oxygen atoms in total. The summed E-state index contributed by atoms with van der Waals surface area (Å²) in [5, 5.41) is 19.0. The van der Waals surface area contributed by atoms with Crippen molar-refractivity contribution in [2.24, 2.45) is 0 Å². The smallest absolute Gasteiger partial charge is 0.234 e. The van der Waals surface area contributed by atoms with Crippen LogP contribution in [0.4, 0.5) is 4.39 Å². The number of thioether (sulfide) groups is 1. The molecule has 0 aliphatic heterocycles. The molecule has 0 saturated heterocycles. The average molecular weight is 373 g/mol. The summed E-state index contributed by atoms with van der Waals surface area (Å²) in [5.74, 6) is -0.283. The Balaban J connectivity index is 1.65. The molecule has 1 aromatic heterocycles. The van der Waals surface area contributed by atoms with Gasteiger partial charge in [0.25, 0.3) is 0 Å². The number of rotatable bonds is 5. The fourth-order valence-electron chi connectivity index (χ4n) is 3.04. The van der Waals surface area contributed by atoms with Crippen molar-refractivity contribution in [3.63, 3.8) is 0 Å². The lowest BCUT2D eigenvalue weighted by Gasteiger charge is -2.32. The third kappa shape index (κ3) is 4.05. The predicted octanol–water partition coefficient (Wildman–Crippen LogP) is 3.43. The first-order valence-corrected chi connectivity index (χ1v) is 9.48. The molecule has 1 amide bonds. The minimum Gasteiger partial charge on any atom is -0.337 e. The Morgan fingerprint density at radius 1 is 1.38 bits per heavy atom. The number of carbonyl (C=O) groups excluding carboxylic acids is 1. The second-order valence-corrected chi connectivity index (χ2v) is 7.76. The van der Waals surface area contributed by atoms with E-state index >= 15 is 0 Å². The number of nitrogens with one attached hydrogen (secondary N) is 2. The monoisotopic (exact) mass is 373 g/mol. The molecule has 0 spiro atoms. The minimum atomic E-state index is -0.762. The minimum absolute atomic E-state index is 0.212. The van der Waals surface area contributed by atoms with Crippen molar-refractivity contribution in [2.75, 3.05) is 0 Å². The molecule has 26 heavy (non-hydrogen) atoms. The normalized spacial score (nSPS) is 17.3. The summed E-state index contributed by atoms with van der Waals surface area (Å²) in [4.78, 5) is 16.8. The molecule has 1 atom stereocenters. The third-order valence-electron chi connectivity index (χ3n) is 4.53. The van der Waals surface area contributed by atoms with Crippen molar-refractivity contribution in [2.45, 2.75) is 55.0 Å². The average Bonchev–Trinajstić information content (AvgIpc) is 3.11. The van der Waals surface area contributed by atoms with E-state index in [-0.39, 0.29) is 11.7 Å². The van der Waals surface area contributed by atoms with Crippen molar-refractivity contribution in [3.05, 3.63) is 30.1 Å². The van der Waals surface area contributed by atoms with Crippen LogP contribution in [0.5, 0.6) is 0 Å². The van der Waals surface area contributed by atoms with Crippen molar-refractivity contribution in [3.8, 4) is 17.5 Å². The molecule has 0 unspecified atom stereocenters. The second-order valence-electron chi connectivity index (χ2n) is 6.45. The molecule has 1 aromatic carbocycles. The summed E-state index contributed by atoms with van der Waals surface area (Å²) in [5.41, 5.74) is -0.434. The Morgan fingerprint density at radius 3 is 2.81 bits per heavy atom. The first-order chi connectivity index (χ1) is 12.5. The van der Waals surface area contributed by atoms with Crippen molar-refractivity contribution < 1.29 is 9.18 Å². The van der Waals surface area contributed by atoms with E-state index in [0.29, 0.717) is 29.4 Å². The zero-order chi connectivity index (χ0) is 18.6. The van der Waals surface area contributed by atoms with Crippen LogP contribution < -0.4 is 5.32 Å². The molecule has 0 radical (unpaired) electrons. The Morgan fingerprint density at radius 2 is 2.12 bits per heavy atom. The zero-order valence-electron chi connectivity index (χ0n) is 14.5. The number of amides is 1. The second kappa shape index (κ2) is 7.87. The predicted molar refractivity (Wildman–Crippen MR) is 96.7 cm³/mol. The van der Waals surface area contributed by atoms with Gasteiger partial charge in [0.2, 0.25) is 11.1 Å². The third-order valence-corrected chi connectivity index (χ3v) is 5.49. The van der Waals surface area contributed by atoms with Gasteiger partial charge in [-0.25, -0.2) is 9.37 Å². The van der Waals surface area contributed by atoms with Crippen LogP contribution in [-0.4, -0.2) is 31.9 Å². The van der Waals surface area contributed by atoms with Crippen LogP contribution in [0.2, 0.25) is 0 Å². The summed E-state index contributed by atoms with van der Waals surface area (Å²) < 4.78 is 13.8. The molecule has 1 heterocycles. The Kier molecular flexibility index (Phi) is 5.57. The van der Waals surface area contributed by atoms with Gasteiger partial charge in [0, 0.05) is 0 Å². The first-order valence-electron chi connectivity index (χ1n) is 8.60. The van der Waals surface area contributed by atoms with Crippen molar-refractivity contribution in [1.82, 2.24) is 20.5 Å². The number of H-pyrrole nitrogens is 1. The van der Waals surface area contributed by atoms with E-state index in [1.807, 2.05) is 0 Å². The first kappa shape index (κ1) is 18.4. The Bertz CT molecular complexity index is 825. The lowest BCUT2D eigenvalue weighted by molar-refractivity contribution is -0.121. The van der Waals surface area contributed by atoms with Crippen LogP contribution in [0, 0.1) is 17.1 Å². The van der Waals surface area contributed by atoms with Crippen LogP contribution in [0.15, 0.2) is 29.4 Å². The molecular formula is C18H20FN5OS. The maximum Gasteiger partial charge on any atom is 0.234 e. The molecular weight excluding hydrogens is 353 g/mol. The van der Waals surface area contributed by atoms with Gasteiger partial charge < -0.3 is 5.32 Å². The topological polar surface area (TPSA) is 94.5 Å². The maximum absolute atomic E-state index is 13.8. The van der Waals surface area contributed by atoms with Gasteiger partial charge in [-0.05, 0) is 31.9 Å². The van der Waals surface area contributed by atoms with Crippen LogP contribution in [-0.2, 0) is 4.79 Å². The van der Waals surface area contributed by atoms with Crippen LogP contribution >= 0.6 is 11.8 Å². The SMILES string of the molecule is C[C@H](Sc1n[nH]c(-c2ccccc2F)n1)C(=O)NC1(C#N)CCCCC1.